The van der Waals surface area contributed by atoms with Gasteiger partial charge in [-0.15, -0.1) is 0 Å². The average Bonchev–Trinajstić information content (AvgIpc) is 2.73. The van der Waals surface area contributed by atoms with Crippen LogP contribution in [0.2, 0.25) is 5.02 Å². The Morgan fingerprint density at radius 3 is 2.71 bits per heavy atom. The second kappa shape index (κ2) is 8.40. The van der Waals surface area contributed by atoms with Gasteiger partial charge >= 0.3 is 0 Å². The van der Waals surface area contributed by atoms with Gasteiger partial charge in [0.15, 0.2) is 0 Å². The first kappa shape index (κ1) is 18.4. The fraction of sp³-hybridized carbons (Fsp3) is 0.227. The third-order valence-electron chi connectivity index (χ3n) is 4.91. The highest BCUT2D eigenvalue weighted by Crippen LogP contribution is 2.22. The van der Waals surface area contributed by atoms with E-state index in [0.717, 1.165) is 30.9 Å². The molecule has 3 aromatic rings. The molecule has 6 heteroatoms. The molecule has 2 heterocycles. The van der Waals surface area contributed by atoms with Crippen molar-refractivity contribution in [1.82, 2.24) is 15.3 Å². The number of aromatic nitrogens is 2. The molecule has 4 rings (SSSR count). The Kier molecular flexibility index (Phi) is 5.53. The molecule has 0 saturated heterocycles. The summed E-state index contributed by atoms with van der Waals surface area (Å²) >= 11 is 5.98. The normalized spacial score (nSPS) is 13.1. The molecule has 0 saturated carbocycles. The number of benzene rings is 2. The molecule has 1 aliphatic heterocycles. The number of nitrogens with zero attached hydrogens (tertiary/aromatic N) is 3. The summed E-state index contributed by atoms with van der Waals surface area (Å²) in [6.45, 7) is 2.23. The number of halogens is 1. The Labute approximate surface area is 169 Å². The maximum absolute atomic E-state index is 12.3. The predicted molar refractivity (Wildman–Crippen MR) is 111 cm³/mol. The molecule has 0 bridgehead atoms. The van der Waals surface area contributed by atoms with Gasteiger partial charge in [-0.05, 0) is 41.7 Å². The minimum absolute atomic E-state index is 0.218. The van der Waals surface area contributed by atoms with Crippen molar-refractivity contribution in [3.05, 3.63) is 88.3 Å². The summed E-state index contributed by atoms with van der Waals surface area (Å²) in [6.07, 6.45) is 4.93. The summed E-state index contributed by atoms with van der Waals surface area (Å²) in [7, 11) is 0. The van der Waals surface area contributed by atoms with Crippen LogP contribution in [-0.4, -0.2) is 29.0 Å². The molecule has 1 amide bonds. The number of carbonyl (C=O) groups is 1. The van der Waals surface area contributed by atoms with E-state index in [1.54, 1.807) is 12.4 Å². The van der Waals surface area contributed by atoms with Crippen LogP contribution < -0.4 is 10.2 Å². The van der Waals surface area contributed by atoms with E-state index in [9.17, 15) is 4.79 Å². The molecule has 0 fully saturated rings. The lowest BCUT2D eigenvalue weighted by Gasteiger charge is -2.29. The number of fused-ring (bicyclic) bond motifs is 1. The molecule has 1 N–H and O–H groups in total. The molecule has 142 valence electrons. The molecule has 2 aromatic carbocycles. The fourth-order valence-electron chi connectivity index (χ4n) is 3.40. The van der Waals surface area contributed by atoms with Gasteiger partial charge in [-0.2, -0.15) is 0 Å². The standard InChI is InChI=1S/C22H21ClN4O/c23-19-7-3-4-16(12-19)8-10-24-22(28)20-13-26-21(14-25-20)27-11-9-17-5-1-2-6-18(17)15-27/h1-7,12-14H,8-11,15H2,(H,24,28). The molecule has 1 aromatic heterocycles. The van der Waals surface area contributed by atoms with Crippen LogP contribution in [-0.2, 0) is 19.4 Å². The zero-order valence-electron chi connectivity index (χ0n) is 15.4. The van der Waals surface area contributed by atoms with Gasteiger partial charge in [0.1, 0.15) is 11.5 Å². The molecule has 28 heavy (non-hydrogen) atoms. The number of hydrogen-bond donors (Lipinski definition) is 1. The maximum Gasteiger partial charge on any atom is 0.271 e. The van der Waals surface area contributed by atoms with Crippen LogP contribution in [0, 0.1) is 0 Å². The smallest absolute Gasteiger partial charge is 0.271 e. The largest absolute Gasteiger partial charge is 0.351 e. The van der Waals surface area contributed by atoms with Crippen molar-refractivity contribution < 1.29 is 4.79 Å². The highest BCUT2D eigenvalue weighted by atomic mass is 35.5. The Morgan fingerprint density at radius 1 is 1.07 bits per heavy atom. The number of anilines is 1. The third-order valence-corrected chi connectivity index (χ3v) is 5.15. The number of rotatable bonds is 5. The predicted octanol–water partition coefficient (Wildman–Crippen LogP) is 3.67. The minimum atomic E-state index is -0.218. The van der Waals surface area contributed by atoms with Crippen molar-refractivity contribution in [1.29, 1.82) is 0 Å². The summed E-state index contributed by atoms with van der Waals surface area (Å²) in [5.74, 6) is 0.579. The first-order chi connectivity index (χ1) is 13.7. The van der Waals surface area contributed by atoms with Crippen molar-refractivity contribution in [3.8, 4) is 0 Å². The lowest BCUT2D eigenvalue weighted by Crippen LogP contribution is -2.31. The summed E-state index contributed by atoms with van der Waals surface area (Å²) in [5, 5.41) is 3.58. The summed E-state index contributed by atoms with van der Waals surface area (Å²) in [5.41, 5.74) is 4.12. The maximum atomic E-state index is 12.3. The van der Waals surface area contributed by atoms with E-state index in [4.69, 9.17) is 11.6 Å². The van der Waals surface area contributed by atoms with Crippen molar-refractivity contribution in [3.63, 3.8) is 0 Å². The van der Waals surface area contributed by atoms with E-state index in [1.165, 1.54) is 11.1 Å². The fourth-order valence-corrected chi connectivity index (χ4v) is 3.61. The highest BCUT2D eigenvalue weighted by Gasteiger charge is 2.18. The number of carbonyl (C=O) groups excluding carboxylic acids is 1. The first-order valence-electron chi connectivity index (χ1n) is 9.35. The molecular weight excluding hydrogens is 372 g/mol. The van der Waals surface area contributed by atoms with Crippen LogP contribution in [0.5, 0.6) is 0 Å². The van der Waals surface area contributed by atoms with Crippen LogP contribution in [0.15, 0.2) is 60.9 Å². The van der Waals surface area contributed by atoms with Crippen LogP contribution in [0.1, 0.15) is 27.2 Å². The van der Waals surface area contributed by atoms with Gasteiger partial charge < -0.3 is 10.2 Å². The van der Waals surface area contributed by atoms with E-state index >= 15 is 0 Å². The van der Waals surface area contributed by atoms with Crippen LogP contribution in [0.25, 0.3) is 0 Å². The zero-order valence-corrected chi connectivity index (χ0v) is 16.2. The Morgan fingerprint density at radius 2 is 1.93 bits per heavy atom. The zero-order chi connectivity index (χ0) is 19.3. The van der Waals surface area contributed by atoms with Crippen LogP contribution in [0.3, 0.4) is 0 Å². The molecule has 0 unspecified atom stereocenters. The van der Waals surface area contributed by atoms with Gasteiger partial charge in [-0.1, -0.05) is 48.0 Å². The van der Waals surface area contributed by atoms with Gasteiger partial charge in [-0.3, -0.25) is 4.79 Å². The first-order valence-corrected chi connectivity index (χ1v) is 9.73. The summed E-state index contributed by atoms with van der Waals surface area (Å²) in [6, 6.07) is 16.1. The van der Waals surface area contributed by atoms with Gasteiger partial charge in [-0.25, -0.2) is 9.97 Å². The van der Waals surface area contributed by atoms with Crippen molar-refractivity contribution in [2.45, 2.75) is 19.4 Å². The molecular formula is C22H21ClN4O. The minimum Gasteiger partial charge on any atom is -0.351 e. The van der Waals surface area contributed by atoms with Crippen molar-refractivity contribution in [2.75, 3.05) is 18.0 Å². The molecule has 0 aliphatic carbocycles. The molecule has 0 atom stereocenters. The molecule has 1 aliphatic rings. The Bertz CT molecular complexity index is 974. The third kappa shape index (κ3) is 4.31. The van der Waals surface area contributed by atoms with Crippen LogP contribution >= 0.6 is 11.6 Å². The second-order valence-corrected chi connectivity index (χ2v) is 7.27. The van der Waals surface area contributed by atoms with Crippen molar-refractivity contribution in [2.24, 2.45) is 0 Å². The van der Waals surface area contributed by atoms with Crippen molar-refractivity contribution >= 4 is 23.3 Å². The average molecular weight is 393 g/mol. The number of nitrogens with one attached hydrogen (secondary N) is 1. The Balaban J connectivity index is 1.33. The summed E-state index contributed by atoms with van der Waals surface area (Å²) < 4.78 is 0. The van der Waals surface area contributed by atoms with Gasteiger partial charge in [0.05, 0.1) is 12.4 Å². The van der Waals surface area contributed by atoms with Gasteiger partial charge in [0.25, 0.3) is 5.91 Å². The van der Waals surface area contributed by atoms with Crippen LogP contribution in [0.4, 0.5) is 5.82 Å². The lowest BCUT2D eigenvalue weighted by molar-refractivity contribution is 0.0949. The number of amides is 1. The highest BCUT2D eigenvalue weighted by molar-refractivity contribution is 6.30. The number of hydrogen-bond acceptors (Lipinski definition) is 4. The Hall–Kier alpha value is -2.92. The quantitative estimate of drug-likeness (QED) is 0.719. The van der Waals surface area contributed by atoms with E-state index < -0.39 is 0 Å². The van der Waals surface area contributed by atoms with E-state index in [0.29, 0.717) is 23.7 Å². The second-order valence-electron chi connectivity index (χ2n) is 6.84. The molecule has 0 radical (unpaired) electrons. The summed E-state index contributed by atoms with van der Waals surface area (Å²) in [4.78, 5) is 23.3. The van der Waals surface area contributed by atoms with Gasteiger partial charge in [0.2, 0.25) is 0 Å². The molecule has 5 nitrogen and oxygen atoms in total. The van der Waals surface area contributed by atoms with Gasteiger partial charge in [0, 0.05) is 24.7 Å². The SMILES string of the molecule is O=C(NCCc1cccc(Cl)c1)c1cnc(N2CCc3ccccc3C2)cn1. The lowest BCUT2D eigenvalue weighted by atomic mass is 10.0. The monoisotopic (exact) mass is 392 g/mol. The van der Waals surface area contributed by atoms with E-state index in [2.05, 4.69) is 44.5 Å². The topological polar surface area (TPSA) is 58.1 Å². The molecule has 0 spiro atoms. The van der Waals surface area contributed by atoms with E-state index in [1.807, 2.05) is 24.3 Å². The van der Waals surface area contributed by atoms with E-state index in [-0.39, 0.29) is 5.91 Å².